The van der Waals surface area contributed by atoms with Crippen molar-refractivity contribution >= 4 is 11.7 Å². The van der Waals surface area contributed by atoms with Gasteiger partial charge in [-0.3, -0.25) is 5.48 Å². The van der Waals surface area contributed by atoms with Gasteiger partial charge in [-0.1, -0.05) is 0 Å². The van der Waals surface area contributed by atoms with Crippen molar-refractivity contribution in [3.05, 3.63) is 29.8 Å². The highest BCUT2D eigenvalue weighted by atomic mass is 16.8. The molecule has 0 bridgehead atoms. The van der Waals surface area contributed by atoms with Crippen LogP contribution in [0.1, 0.15) is 10.4 Å². The van der Waals surface area contributed by atoms with Crippen LogP contribution in [-0.2, 0) is 9.57 Å². The van der Waals surface area contributed by atoms with E-state index in [1.807, 2.05) is 0 Å². The van der Waals surface area contributed by atoms with Gasteiger partial charge < -0.3 is 25.2 Å². The third kappa shape index (κ3) is 3.06. The second-order valence-electron chi connectivity index (χ2n) is 4.31. The highest BCUT2D eigenvalue weighted by Crippen LogP contribution is 2.22. The van der Waals surface area contributed by atoms with Crippen molar-refractivity contribution in [2.75, 3.05) is 12.1 Å². The summed E-state index contributed by atoms with van der Waals surface area (Å²) in [6, 6.07) is 5.71. The number of benzene rings is 1. The first-order valence-electron chi connectivity index (χ1n) is 5.90. The predicted molar refractivity (Wildman–Crippen MR) is 65.9 cm³/mol. The van der Waals surface area contributed by atoms with E-state index >= 15 is 0 Å². The van der Waals surface area contributed by atoms with E-state index < -0.39 is 37.2 Å². The number of rotatable bonds is 5. The van der Waals surface area contributed by atoms with E-state index in [0.717, 1.165) is 0 Å². The standard InChI is InChI=1S/C12H15NO7/c14-5-8-9(15)10(16)12(19-8)20-13-7-3-1-6(2-4-7)11(17)18/h1-4,8-10,12-16H,5H2,(H,17,18)/t8-,9-,10+,12?/m0/s1. The summed E-state index contributed by atoms with van der Waals surface area (Å²) in [5, 5.41) is 36.8. The van der Waals surface area contributed by atoms with Crippen LogP contribution in [-0.4, -0.2) is 57.6 Å². The Hall–Kier alpha value is -1.71. The minimum absolute atomic E-state index is 0.128. The largest absolute Gasteiger partial charge is 0.478 e. The van der Waals surface area contributed by atoms with Crippen molar-refractivity contribution in [3.8, 4) is 0 Å². The number of hydrogen-bond acceptors (Lipinski definition) is 7. The summed E-state index contributed by atoms with van der Waals surface area (Å²) in [5.41, 5.74) is 3.06. The van der Waals surface area contributed by atoms with Gasteiger partial charge in [-0.2, -0.15) is 0 Å². The third-order valence-corrected chi connectivity index (χ3v) is 2.92. The van der Waals surface area contributed by atoms with E-state index in [-0.39, 0.29) is 5.56 Å². The van der Waals surface area contributed by atoms with Gasteiger partial charge in [-0.05, 0) is 24.3 Å². The van der Waals surface area contributed by atoms with E-state index in [1.54, 1.807) is 0 Å². The first-order valence-corrected chi connectivity index (χ1v) is 5.90. The van der Waals surface area contributed by atoms with Gasteiger partial charge in [0, 0.05) is 0 Å². The summed E-state index contributed by atoms with van der Waals surface area (Å²) in [6.07, 6.45) is -4.58. The molecule has 0 amide bonds. The number of carboxylic acids is 1. The van der Waals surface area contributed by atoms with Crippen LogP contribution in [0.2, 0.25) is 0 Å². The Morgan fingerprint density at radius 3 is 2.40 bits per heavy atom. The lowest BCUT2D eigenvalue weighted by Crippen LogP contribution is -2.35. The lowest BCUT2D eigenvalue weighted by atomic mass is 10.1. The maximum Gasteiger partial charge on any atom is 0.335 e. The van der Waals surface area contributed by atoms with Gasteiger partial charge in [0.15, 0.2) is 0 Å². The zero-order valence-electron chi connectivity index (χ0n) is 10.3. The normalized spacial score (nSPS) is 29.4. The van der Waals surface area contributed by atoms with Crippen molar-refractivity contribution in [1.29, 1.82) is 0 Å². The van der Waals surface area contributed by atoms with Gasteiger partial charge in [-0.15, -0.1) is 0 Å². The molecule has 2 rings (SSSR count). The van der Waals surface area contributed by atoms with Crippen molar-refractivity contribution in [3.63, 3.8) is 0 Å². The SMILES string of the molecule is O=C(O)c1ccc(NOC2O[C@@H](CO)[C@H](O)[C@H]2O)cc1. The fourth-order valence-corrected chi connectivity index (χ4v) is 1.77. The van der Waals surface area contributed by atoms with Gasteiger partial charge in [0.25, 0.3) is 0 Å². The molecule has 0 aromatic heterocycles. The molecule has 1 heterocycles. The van der Waals surface area contributed by atoms with Crippen LogP contribution in [0.25, 0.3) is 0 Å². The first-order chi connectivity index (χ1) is 9.52. The summed E-state index contributed by atoms with van der Waals surface area (Å²) < 4.78 is 5.09. The van der Waals surface area contributed by atoms with Gasteiger partial charge in [0.05, 0.1) is 17.9 Å². The van der Waals surface area contributed by atoms with Crippen molar-refractivity contribution < 1.29 is 34.8 Å². The van der Waals surface area contributed by atoms with Crippen LogP contribution < -0.4 is 5.48 Å². The molecule has 1 unspecified atom stereocenters. The summed E-state index contributed by atoms with van der Waals surface area (Å²) in [4.78, 5) is 15.7. The Morgan fingerprint density at radius 2 is 1.90 bits per heavy atom. The summed E-state index contributed by atoms with van der Waals surface area (Å²) >= 11 is 0. The van der Waals surface area contributed by atoms with Crippen LogP contribution in [0.4, 0.5) is 5.69 Å². The van der Waals surface area contributed by atoms with Gasteiger partial charge in [0.2, 0.25) is 6.29 Å². The second-order valence-corrected chi connectivity index (χ2v) is 4.31. The molecule has 20 heavy (non-hydrogen) atoms. The molecule has 1 aromatic carbocycles. The molecule has 4 atom stereocenters. The topological polar surface area (TPSA) is 128 Å². The summed E-state index contributed by atoms with van der Waals surface area (Å²) in [6.45, 7) is -0.439. The lowest BCUT2D eigenvalue weighted by Gasteiger charge is -2.16. The maximum absolute atomic E-state index is 10.7. The molecule has 1 saturated heterocycles. The van der Waals surface area contributed by atoms with Crippen LogP contribution in [0.5, 0.6) is 0 Å². The smallest absolute Gasteiger partial charge is 0.335 e. The van der Waals surface area contributed by atoms with E-state index in [1.165, 1.54) is 24.3 Å². The van der Waals surface area contributed by atoms with Crippen LogP contribution >= 0.6 is 0 Å². The highest BCUT2D eigenvalue weighted by molar-refractivity contribution is 5.87. The number of ether oxygens (including phenoxy) is 1. The molecule has 0 saturated carbocycles. The molecule has 5 N–H and O–H groups in total. The quantitative estimate of drug-likeness (QED) is 0.443. The Bertz CT molecular complexity index is 463. The molecule has 1 fully saturated rings. The molecule has 0 spiro atoms. The number of aromatic carboxylic acids is 1. The molecule has 1 aromatic rings. The monoisotopic (exact) mass is 285 g/mol. The van der Waals surface area contributed by atoms with Crippen LogP contribution in [0, 0.1) is 0 Å². The van der Waals surface area contributed by atoms with Crippen LogP contribution in [0.15, 0.2) is 24.3 Å². The number of anilines is 1. The molecule has 0 aliphatic carbocycles. The predicted octanol–water partition coefficient (Wildman–Crippen LogP) is -0.833. The van der Waals surface area contributed by atoms with Crippen molar-refractivity contribution in [2.45, 2.75) is 24.6 Å². The number of aliphatic hydroxyl groups is 3. The zero-order valence-corrected chi connectivity index (χ0v) is 10.3. The third-order valence-electron chi connectivity index (χ3n) is 2.92. The Kier molecular flexibility index (Phi) is 4.53. The second kappa shape index (κ2) is 6.16. The average Bonchev–Trinajstić information content (AvgIpc) is 2.73. The van der Waals surface area contributed by atoms with Gasteiger partial charge in [-0.25, -0.2) is 9.63 Å². The molecular formula is C12H15NO7. The number of nitrogens with one attached hydrogen (secondary N) is 1. The Morgan fingerprint density at radius 1 is 1.25 bits per heavy atom. The Balaban J connectivity index is 1.91. The van der Waals surface area contributed by atoms with E-state index in [4.69, 9.17) is 19.8 Å². The highest BCUT2D eigenvalue weighted by Gasteiger charge is 2.43. The van der Waals surface area contributed by atoms with E-state index in [9.17, 15) is 15.0 Å². The summed E-state index contributed by atoms with van der Waals surface area (Å²) in [5.74, 6) is -1.04. The number of carboxylic acid groups (broad SMARTS) is 1. The summed E-state index contributed by atoms with van der Waals surface area (Å²) in [7, 11) is 0. The minimum Gasteiger partial charge on any atom is -0.478 e. The number of carbonyl (C=O) groups is 1. The maximum atomic E-state index is 10.7. The molecule has 110 valence electrons. The van der Waals surface area contributed by atoms with Gasteiger partial charge in [0.1, 0.15) is 18.3 Å². The molecule has 1 aliphatic rings. The Labute approximate surface area is 114 Å². The molecule has 0 radical (unpaired) electrons. The molecule has 8 nitrogen and oxygen atoms in total. The number of aliphatic hydroxyl groups excluding tert-OH is 3. The van der Waals surface area contributed by atoms with Crippen LogP contribution in [0.3, 0.4) is 0 Å². The fraction of sp³-hybridized carbons (Fsp3) is 0.417. The molecule has 1 aliphatic heterocycles. The zero-order chi connectivity index (χ0) is 14.7. The average molecular weight is 285 g/mol. The molecular weight excluding hydrogens is 270 g/mol. The number of hydrogen-bond donors (Lipinski definition) is 5. The van der Waals surface area contributed by atoms with Crippen molar-refractivity contribution in [2.24, 2.45) is 0 Å². The van der Waals surface area contributed by atoms with Crippen molar-refractivity contribution in [1.82, 2.24) is 0 Å². The fourth-order valence-electron chi connectivity index (χ4n) is 1.77. The molecule has 8 heteroatoms. The van der Waals surface area contributed by atoms with E-state index in [0.29, 0.717) is 5.69 Å². The minimum atomic E-state index is -1.29. The lowest BCUT2D eigenvalue weighted by molar-refractivity contribution is -0.153. The van der Waals surface area contributed by atoms with Gasteiger partial charge >= 0.3 is 5.97 Å². The van der Waals surface area contributed by atoms with E-state index in [2.05, 4.69) is 5.48 Å². The first kappa shape index (κ1) is 14.7.